The predicted octanol–water partition coefficient (Wildman–Crippen LogP) is 3.06. The zero-order valence-electron chi connectivity index (χ0n) is 21.5. The van der Waals surface area contributed by atoms with Gasteiger partial charge in [-0.3, -0.25) is 4.90 Å². The smallest absolute Gasteiger partial charge is 0.269 e. The molecule has 0 amide bonds. The van der Waals surface area contributed by atoms with Gasteiger partial charge in [0.1, 0.15) is 18.0 Å². The van der Waals surface area contributed by atoms with Gasteiger partial charge < -0.3 is 4.57 Å². The van der Waals surface area contributed by atoms with Crippen LogP contribution in [-0.2, 0) is 26.6 Å². The standard InChI is InChI=1S/C25H31FN6O4S2/c1-25(2,17-26)30-12-9-18(10-13-30)32-22(16-28-37(3,33)34)29-21-15-27-24-20(23(21)32)11-14-31(24)38(35,36)19-7-5-4-6-8-19/h4-8,11,14-15,18,28H,9-10,12-13,16-17H2,1-3H3. The van der Waals surface area contributed by atoms with E-state index >= 15 is 0 Å². The Hall–Kier alpha value is -2.87. The maximum atomic E-state index is 13.6. The maximum Gasteiger partial charge on any atom is 0.269 e. The van der Waals surface area contributed by atoms with Crippen LogP contribution in [0.2, 0.25) is 0 Å². The molecule has 3 aromatic heterocycles. The van der Waals surface area contributed by atoms with E-state index in [9.17, 15) is 21.2 Å². The molecule has 5 rings (SSSR count). The number of sulfonamides is 1. The first-order valence-corrected chi connectivity index (χ1v) is 15.7. The molecule has 0 unspecified atom stereocenters. The van der Waals surface area contributed by atoms with Crippen LogP contribution in [0.5, 0.6) is 0 Å². The third-order valence-corrected chi connectivity index (χ3v) is 9.56. The van der Waals surface area contributed by atoms with Gasteiger partial charge in [0.25, 0.3) is 10.0 Å². The van der Waals surface area contributed by atoms with Gasteiger partial charge in [0, 0.05) is 36.3 Å². The molecule has 0 radical (unpaired) electrons. The topological polar surface area (TPSA) is 119 Å². The van der Waals surface area contributed by atoms with E-state index in [0.717, 1.165) is 10.2 Å². The van der Waals surface area contributed by atoms with E-state index in [1.54, 1.807) is 24.3 Å². The average molecular weight is 563 g/mol. The second kappa shape index (κ2) is 9.70. The Bertz CT molecular complexity index is 1690. The number of nitrogens with one attached hydrogen (secondary N) is 1. The van der Waals surface area contributed by atoms with Crippen LogP contribution < -0.4 is 4.72 Å². The monoisotopic (exact) mass is 562 g/mol. The molecule has 10 nitrogen and oxygen atoms in total. The van der Waals surface area contributed by atoms with Crippen LogP contribution in [0.4, 0.5) is 4.39 Å². The highest BCUT2D eigenvalue weighted by molar-refractivity contribution is 7.90. The molecule has 0 spiro atoms. The molecule has 204 valence electrons. The number of nitrogens with zero attached hydrogens (tertiary/aromatic N) is 5. The zero-order valence-corrected chi connectivity index (χ0v) is 23.1. The summed E-state index contributed by atoms with van der Waals surface area (Å²) in [6, 6.07) is 9.81. The summed E-state index contributed by atoms with van der Waals surface area (Å²) in [4.78, 5) is 11.4. The second-order valence-corrected chi connectivity index (χ2v) is 14.0. The van der Waals surface area contributed by atoms with Crippen molar-refractivity contribution >= 4 is 42.1 Å². The quantitative estimate of drug-likeness (QED) is 0.351. The van der Waals surface area contributed by atoms with Crippen molar-refractivity contribution < 1.29 is 21.2 Å². The summed E-state index contributed by atoms with van der Waals surface area (Å²) in [6.45, 7) is 4.62. The zero-order chi connectivity index (χ0) is 27.3. The lowest BCUT2D eigenvalue weighted by atomic mass is 9.97. The molecule has 1 saturated heterocycles. The van der Waals surface area contributed by atoms with E-state index < -0.39 is 32.3 Å². The van der Waals surface area contributed by atoms with Crippen molar-refractivity contribution in [3.63, 3.8) is 0 Å². The Morgan fingerprint density at radius 2 is 1.76 bits per heavy atom. The minimum absolute atomic E-state index is 0.0196. The second-order valence-electron chi connectivity index (χ2n) is 10.3. The number of imidazole rings is 1. The molecule has 1 aliphatic heterocycles. The normalized spacial score (nSPS) is 16.5. The molecule has 4 heterocycles. The number of rotatable bonds is 8. The summed E-state index contributed by atoms with van der Waals surface area (Å²) in [5.41, 5.74) is 0.943. The average Bonchev–Trinajstić information content (AvgIpc) is 3.49. The minimum Gasteiger partial charge on any atom is -0.323 e. The number of hydrogen-bond acceptors (Lipinski definition) is 7. The van der Waals surface area contributed by atoms with Gasteiger partial charge in [-0.15, -0.1) is 0 Å². The van der Waals surface area contributed by atoms with Crippen molar-refractivity contribution in [2.75, 3.05) is 26.0 Å². The maximum absolute atomic E-state index is 13.6. The highest BCUT2D eigenvalue weighted by atomic mass is 32.2. The van der Waals surface area contributed by atoms with E-state index in [2.05, 4.69) is 14.6 Å². The van der Waals surface area contributed by atoms with Gasteiger partial charge in [0.15, 0.2) is 5.65 Å². The highest BCUT2D eigenvalue weighted by Gasteiger charge is 2.33. The SMILES string of the molecule is CC(C)(CF)N1CCC(n2c(CNS(C)(=O)=O)nc3cnc4c(ccn4S(=O)(=O)c4ccccc4)c32)CC1. The summed E-state index contributed by atoms with van der Waals surface area (Å²) >= 11 is 0. The van der Waals surface area contributed by atoms with Crippen molar-refractivity contribution in [3.8, 4) is 0 Å². The van der Waals surface area contributed by atoms with Crippen LogP contribution in [0.1, 0.15) is 38.6 Å². The Labute approximate surface area is 221 Å². The molecule has 1 fully saturated rings. The molecule has 38 heavy (non-hydrogen) atoms. The van der Waals surface area contributed by atoms with Gasteiger partial charge in [-0.2, -0.15) is 0 Å². The first-order valence-electron chi connectivity index (χ1n) is 12.4. The van der Waals surface area contributed by atoms with Crippen LogP contribution >= 0.6 is 0 Å². The van der Waals surface area contributed by atoms with Crippen molar-refractivity contribution in [2.24, 2.45) is 0 Å². The van der Waals surface area contributed by atoms with Crippen LogP contribution in [0.25, 0.3) is 22.1 Å². The van der Waals surface area contributed by atoms with Gasteiger partial charge in [-0.25, -0.2) is 39.9 Å². The number of piperidine rings is 1. The lowest BCUT2D eigenvalue weighted by Crippen LogP contribution is -2.49. The summed E-state index contributed by atoms with van der Waals surface area (Å²) in [7, 11) is -7.37. The number of halogens is 1. The minimum atomic E-state index is -3.89. The Morgan fingerprint density at radius 3 is 2.39 bits per heavy atom. The molecule has 0 bridgehead atoms. The Balaban J connectivity index is 1.63. The van der Waals surface area contributed by atoms with Crippen molar-refractivity contribution in [1.82, 2.24) is 28.1 Å². The Kier molecular flexibility index (Phi) is 6.83. The van der Waals surface area contributed by atoms with E-state index in [1.807, 2.05) is 18.4 Å². The summed E-state index contributed by atoms with van der Waals surface area (Å²) < 4.78 is 69.9. The summed E-state index contributed by atoms with van der Waals surface area (Å²) in [5, 5.41) is 0.603. The number of fused-ring (bicyclic) bond motifs is 3. The molecule has 1 N–H and O–H groups in total. The van der Waals surface area contributed by atoms with Crippen LogP contribution in [0.3, 0.4) is 0 Å². The van der Waals surface area contributed by atoms with E-state index in [4.69, 9.17) is 4.98 Å². The first-order chi connectivity index (χ1) is 17.9. The number of hydrogen-bond donors (Lipinski definition) is 1. The van der Waals surface area contributed by atoms with Crippen LogP contribution in [-0.4, -0.2) is 71.8 Å². The fourth-order valence-electron chi connectivity index (χ4n) is 5.12. The van der Waals surface area contributed by atoms with Crippen molar-refractivity contribution in [3.05, 3.63) is 54.6 Å². The lowest BCUT2D eigenvalue weighted by molar-refractivity contribution is 0.0577. The van der Waals surface area contributed by atoms with E-state index in [1.165, 1.54) is 24.5 Å². The summed E-state index contributed by atoms with van der Waals surface area (Å²) in [6.07, 6.45) is 5.50. The van der Waals surface area contributed by atoms with Crippen molar-refractivity contribution in [1.29, 1.82) is 0 Å². The molecule has 1 aliphatic rings. The summed E-state index contributed by atoms with van der Waals surface area (Å²) in [5.74, 6) is 0.515. The molecule has 4 aromatic rings. The van der Waals surface area contributed by atoms with Crippen LogP contribution in [0, 0.1) is 0 Å². The third-order valence-electron chi connectivity index (χ3n) is 7.21. The largest absolute Gasteiger partial charge is 0.323 e. The molecule has 1 aromatic carbocycles. The number of likely N-dealkylation sites (tertiary alicyclic amines) is 1. The third kappa shape index (κ3) is 4.83. The van der Waals surface area contributed by atoms with E-state index in [0.29, 0.717) is 48.2 Å². The van der Waals surface area contributed by atoms with Gasteiger partial charge in [0.2, 0.25) is 10.0 Å². The van der Waals surface area contributed by atoms with Gasteiger partial charge in [-0.05, 0) is 44.9 Å². The van der Waals surface area contributed by atoms with Gasteiger partial charge in [-0.1, -0.05) is 18.2 Å². The Morgan fingerprint density at radius 1 is 1.08 bits per heavy atom. The molecular weight excluding hydrogens is 531 g/mol. The van der Waals surface area contributed by atoms with Crippen LogP contribution in [0.15, 0.2) is 53.7 Å². The molecule has 0 atom stereocenters. The molecule has 0 aliphatic carbocycles. The fraction of sp³-hybridized carbons (Fsp3) is 0.440. The number of pyridine rings is 1. The van der Waals surface area contributed by atoms with Gasteiger partial charge in [0.05, 0.1) is 29.4 Å². The number of alkyl halides is 1. The van der Waals surface area contributed by atoms with Gasteiger partial charge >= 0.3 is 0 Å². The predicted molar refractivity (Wildman–Crippen MR) is 144 cm³/mol. The highest BCUT2D eigenvalue weighted by Crippen LogP contribution is 2.35. The molecular formula is C25H31FN6O4S2. The number of aromatic nitrogens is 4. The van der Waals surface area contributed by atoms with E-state index in [-0.39, 0.29) is 23.1 Å². The first kappa shape index (κ1) is 26.7. The molecule has 13 heteroatoms. The number of benzene rings is 1. The fourth-order valence-corrected chi connectivity index (χ4v) is 6.84. The lowest BCUT2D eigenvalue weighted by Gasteiger charge is -2.42. The van der Waals surface area contributed by atoms with Crippen molar-refractivity contribution in [2.45, 2.75) is 49.7 Å². The molecule has 0 saturated carbocycles.